The molecule has 0 aromatic heterocycles. The van der Waals surface area contributed by atoms with Gasteiger partial charge in [-0.2, -0.15) is 13.2 Å². The molecule has 3 aliphatic rings. The number of nitrogens with zero attached hydrogens (tertiary/aromatic N) is 2. The van der Waals surface area contributed by atoms with Crippen LogP contribution >= 0.6 is 0 Å². The third-order valence-corrected chi connectivity index (χ3v) is 7.74. The first-order valence-electron chi connectivity index (χ1n) is 11.2. The van der Waals surface area contributed by atoms with Crippen molar-refractivity contribution in [3.63, 3.8) is 0 Å². The fourth-order valence-corrected chi connectivity index (χ4v) is 5.94. The van der Waals surface area contributed by atoms with Crippen molar-refractivity contribution in [2.24, 2.45) is 0 Å². The first-order chi connectivity index (χ1) is 14.8. The van der Waals surface area contributed by atoms with E-state index in [-0.39, 0.29) is 5.91 Å². The van der Waals surface area contributed by atoms with Gasteiger partial charge in [0, 0.05) is 37.3 Å². The molecule has 1 aromatic carbocycles. The SMILES string of the molecule is Cc1cc(C(=O)N2CCC3(CC2)NCCN2C(C(F)(F)F)=CCC23C)ccc1C(C)(C)O. The molecule has 5 nitrogen and oxygen atoms in total. The van der Waals surface area contributed by atoms with Crippen molar-refractivity contribution < 1.29 is 23.1 Å². The van der Waals surface area contributed by atoms with Crippen LogP contribution in [0.4, 0.5) is 13.2 Å². The van der Waals surface area contributed by atoms with Gasteiger partial charge in [0.2, 0.25) is 0 Å². The number of piperidine rings is 1. The Hall–Kier alpha value is -2.06. The number of halogens is 3. The number of benzene rings is 1. The van der Waals surface area contributed by atoms with E-state index >= 15 is 0 Å². The summed E-state index contributed by atoms with van der Waals surface area (Å²) in [5.74, 6) is -0.0800. The van der Waals surface area contributed by atoms with Gasteiger partial charge < -0.3 is 20.2 Å². The number of aliphatic hydroxyl groups is 1. The Morgan fingerprint density at radius 1 is 1.16 bits per heavy atom. The fraction of sp³-hybridized carbons (Fsp3) is 0.625. The van der Waals surface area contributed by atoms with Crippen molar-refractivity contribution in [1.29, 1.82) is 0 Å². The first kappa shape index (κ1) is 23.1. The lowest BCUT2D eigenvalue weighted by molar-refractivity contribution is -0.129. The minimum Gasteiger partial charge on any atom is -0.386 e. The Morgan fingerprint density at radius 3 is 2.38 bits per heavy atom. The van der Waals surface area contributed by atoms with Crippen LogP contribution in [0.5, 0.6) is 0 Å². The number of fused-ring (bicyclic) bond motifs is 2. The maximum atomic E-state index is 13.5. The molecular formula is C24H32F3N3O2. The number of amides is 1. The van der Waals surface area contributed by atoms with Gasteiger partial charge in [-0.1, -0.05) is 12.1 Å². The lowest BCUT2D eigenvalue weighted by Crippen LogP contribution is -2.74. The number of likely N-dealkylation sites (tertiary alicyclic amines) is 1. The van der Waals surface area contributed by atoms with Gasteiger partial charge in [0.15, 0.2) is 0 Å². The third kappa shape index (κ3) is 3.61. The van der Waals surface area contributed by atoms with Gasteiger partial charge in [0.05, 0.1) is 11.1 Å². The van der Waals surface area contributed by atoms with E-state index in [4.69, 9.17) is 0 Å². The van der Waals surface area contributed by atoms with Crippen LogP contribution in [0, 0.1) is 6.92 Å². The maximum Gasteiger partial charge on any atom is 0.430 e. The van der Waals surface area contributed by atoms with E-state index in [1.54, 1.807) is 41.8 Å². The number of allylic oxidation sites excluding steroid dienone is 1. The highest BCUT2D eigenvalue weighted by atomic mass is 19.4. The molecule has 176 valence electrons. The summed E-state index contributed by atoms with van der Waals surface area (Å²) in [7, 11) is 0. The number of nitrogens with one attached hydrogen (secondary N) is 1. The molecule has 0 radical (unpaired) electrons. The summed E-state index contributed by atoms with van der Waals surface area (Å²) in [6.07, 6.45) is -1.46. The second-order valence-electron chi connectivity index (χ2n) is 10.1. The van der Waals surface area contributed by atoms with Gasteiger partial charge in [-0.05, 0) is 70.2 Å². The average Bonchev–Trinajstić information content (AvgIpc) is 3.06. The molecule has 2 saturated heterocycles. The summed E-state index contributed by atoms with van der Waals surface area (Å²) in [5, 5.41) is 13.8. The molecule has 2 fully saturated rings. The van der Waals surface area contributed by atoms with Crippen LogP contribution in [-0.4, -0.2) is 64.2 Å². The van der Waals surface area contributed by atoms with Crippen molar-refractivity contribution in [2.75, 3.05) is 26.2 Å². The Morgan fingerprint density at radius 2 is 1.81 bits per heavy atom. The quantitative estimate of drug-likeness (QED) is 0.720. The standard InChI is InChI=1S/C24H32F3N3O2/c1-16-15-17(5-6-18(16)21(2,3)32)20(31)29-12-9-23(10-13-29)22(4)8-7-19(24(25,26)27)30(22)14-11-28-23/h5-7,15,28,32H,8-14H2,1-4H3. The summed E-state index contributed by atoms with van der Waals surface area (Å²) >= 11 is 0. The van der Waals surface area contributed by atoms with Crippen LogP contribution in [0.2, 0.25) is 0 Å². The minimum absolute atomic E-state index is 0.0800. The van der Waals surface area contributed by atoms with Crippen LogP contribution in [0.3, 0.4) is 0 Å². The van der Waals surface area contributed by atoms with E-state index < -0.39 is 28.6 Å². The second kappa shape index (κ2) is 7.48. The predicted molar refractivity (Wildman–Crippen MR) is 116 cm³/mol. The van der Waals surface area contributed by atoms with Crippen molar-refractivity contribution in [3.05, 3.63) is 46.7 Å². The largest absolute Gasteiger partial charge is 0.430 e. The smallest absolute Gasteiger partial charge is 0.386 e. The Balaban J connectivity index is 1.50. The van der Waals surface area contributed by atoms with Gasteiger partial charge in [-0.25, -0.2) is 0 Å². The highest BCUT2D eigenvalue weighted by Gasteiger charge is 2.60. The molecule has 8 heteroatoms. The zero-order chi connectivity index (χ0) is 23.5. The van der Waals surface area contributed by atoms with E-state index in [1.807, 2.05) is 13.8 Å². The minimum atomic E-state index is -4.35. The molecule has 4 rings (SSSR count). The van der Waals surface area contributed by atoms with Crippen LogP contribution in [0.1, 0.15) is 61.5 Å². The lowest BCUT2D eigenvalue weighted by Gasteiger charge is -2.59. The van der Waals surface area contributed by atoms with E-state index in [1.165, 1.54) is 6.08 Å². The van der Waals surface area contributed by atoms with E-state index in [9.17, 15) is 23.1 Å². The van der Waals surface area contributed by atoms with E-state index in [2.05, 4.69) is 5.32 Å². The molecule has 0 aliphatic carbocycles. The highest BCUT2D eigenvalue weighted by Crippen LogP contribution is 2.50. The molecule has 1 atom stereocenters. The number of piperazine rings is 1. The van der Waals surface area contributed by atoms with Crippen molar-refractivity contribution in [3.8, 4) is 0 Å². The van der Waals surface area contributed by atoms with Crippen molar-refractivity contribution in [1.82, 2.24) is 15.1 Å². The van der Waals surface area contributed by atoms with Gasteiger partial charge in [-0.3, -0.25) is 4.79 Å². The molecule has 3 aliphatic heterocycles. The maximum absolute atomic E-state index is 13.5. The molecule has 2 N–H and O–H groups in total. The van der Waals surface area contributed by atoms with E-state index in [0.717, 1.165) is 11.1 Å². The highest BCUT2D eigenvalue weighted by molar-refractivity contribution is 5.94. The summed E-state index contributed by atoms with van der Waals surface area (Å²) in [4.78, 5) is 16.5. The zero-order valence-corrected chi connectivity index (χ0v) is 19.1. The van der Waals surface area contributed by atoms with E-state index in [0.29, 0.717) is 51.0 Å². The van der Waals surface area contributed by atoms with Crippen LogP contribution in [0.25, 0.3) is 0 Å². The summed E-state index contributed by atoms with van der Waals surface area (Å²) < 4.78 is 40.6. The molecule has 1 amide bonds. The third-order valence-electron chi connectivity index (χ3n) is 7.74. The van der Waals surface area contributed by atoms with Crippen LogP contribution < -0.4 is 5.32 Å². The van der Waals surface area contributed by atoms with Crippen LogP contribution in [0.15, 0.2) is 30.0 Å². The molecule has 1 aromatic rings. The zero-order valence-electron chi connectivity index (χ0n) is 19.1. The fourth-order valence-electron chi connectivity index (χ4n) is 5.94. The predicted octanol–water partition coefficient (Wildman–Crippen LogP) is 3.71. The first-order valence-corrected chi connectivity index (χ1v) is 11.2. The molecule has 1 spiro atoms. The number of alkyl halides is 3. The summed E-state index contributed by atoms with van der Waals surface area (Å²) in [6, 6.07) is 5.34. The van der Waals surface area contributed by atoms with Crippen molar-refractivity contribution in [2.45, 2.75) is 69.8 Å². The molecule has 0 bridgehead atoms. The Labute approximate surface area is 187 Å². The Kier molecular flexibility index (Phi) is 5.41. The molecule has 0 saturated carbocycles. The van der Waals surface area contributed by atoms with Crippen molar-refractivity contribution >= 4 is 5.91 Å². The van der Waals surface area contributed by atoms with Gasteiger partial charge >= 0.3 is 6.18 Å². The van der Waals surface area contributed by atoms with Gasteiger partial charge in [0.25, 0.3) is 5.91 Å². The van der Waals surface area contributed by atoms with Crippen LogP contribution in [-0.2, 0) is 5.60 Å². The molecular weight excluding hydrogens is 419 g/mol. The summed E-state index contributed by atoms with van der Waals surface area (Å²) in [6.45, 7) is 9.03. The normalized spacial score (nSPS) is 25.7. The Bertz CT molecular complexity index is 943. The number of rotatable bonds is 2. The number of carbonyl (C=O) groups excluding carboxylic acids is 1. The second-order valence-corrected chi connectivity index (χ2v) is 10.1. The molecule has 32 heavy (non-hydrogen) atoms. The lowest BCUT2D eigenvalue weighted by atomic mass is 9.68. The number of hydrogen-bond acceptors (Lipinski definition) is 4. The number of aryl methyl sites for hydroxylation is 1. The van der Waals surface area contributed by atoms with Gasteiger partial charge in [0.1, 0.15) is 5.70 Å². The summed E-state index contributed by atoms with van der Waals surface area (Å²) in [5.41, 5.74) is -0.435. The average molecular weight is 452 g/mol. The monoisotopic (exact) mass is 451 g/mol. The molecule has 3 heterocycles. The number of carbonyl (C=O) groups is 1. The molecule has 1 unspecified atom stereocenters. The number of hydrogen-bond donors (Lipinski definition) is 2. The topological polar surface area (TPSA) is 55.8 Å². The van der Waals surface area contributed by atoms with Gasteiger partial charge in [-0.15, -0.1) is 0 Å².